The van der Waals surface area contributed by atoms with Crippen LogP contribution in [0.15, 0.2) is 18.2 Å². The van der Waals surface area contributed by atoms with Gasteiger partial charge in [0.05, 0.1) is 11.8 Å². The van der Waals surface area contributed by atoms with E-state index in [0.717, 1.165) is 11.1 Å². The zero-order valence-electron chi connectivity index (χ0n) is 9.48. The zero-order chi connectivity index (χ0) is 12.3. The van der Waals surface area contributed by atoms with E-state index in [1.807, 2.05) is 19.9 Å². The number of hydrogen-bond donors (Lipinski definition) is 1. The molecule has 1 N–H and O–H groups in total. The largest absolute Gasteiger partial charge is 0.282 e. The monoisotopic (exact) mass is 238 g/mol. The molecule has 0 amide bonds. The van der Waals surface area contributed by atoms with Crippen molar-refractivity contribution in [3.63, 3.8) is 0 Å². The maximum atomic E-state index is 11.7. The average Bonchev–Trinajstić information content (AvgIpc) is 2.23. The first-order valence-electron chi connectivity index (χ1n) is 4.86. The Morgan fingerprint density at radius 3 is 2.56 bits per heavy atom. The van der Waals surface area contributed by atoms with Crippen molar-refractivity contribution in [3.05, 3.63) is 29.3 Å². The van der Waals surface area contributed by atoms with Crippen LogP contribution >= 0.6 is 0 Å². The summed E-state index contributed by atoms with van der Waals surface area (Å²) in [5.41, 5.74) is 2.41. The molecule has 16 heavy (non-hydrogen) atoms. The Hall–Kier alpha value is -1.54. The van der Waals surface area contributed by atoms with Crippen LogP contribution in [0.2, 0.25) is 0 Å². The van der Waals surface area contributed by atoms with Crippen LogP contribution in [0.3, 0.4) is 0 Å². The smallest absolute Gasteiger partial charge is 0.248 e. The molecule has 0 radical (unpaired) electrons. The summed E-state index contributed by atoms with van der Waals surface area (Å²) in [6, 6.07) is 7.07. The van der Waals surface area contributed by atoms with E-state index in [1.54, 1.807) is 18.2 Å². The Morgan fingerprint density at radius 1 is 1.38 bits per heavy atom. The van der Waals surface area contributed by atoms with E-state index in [4.69, 9.17) is 5.26 Å². The second-order valence-electron chi connectivity index (χ2n) is 3.67. The molecular formula is C11H14N2O2S. The summed E-state index contributed by atoms with van der Waals surface area (Å²) >= 11 is 0. The minimum Gasteiger partial charge on any atom is -0.282 e. The standard InChI is InChI=1S/C11H14N2O2S/c1-8-5-4-6-11(10(8)3)13-16(14,15)9(2)7-12/h4-6,9,13H,1-3H3. The molecule has 0 fully saturated rings. The number of nitrogens with zero attached hydrogens (tertiary/aromatic N) is 1. The molecule has 0 aromatic heterocycles. The predicted molar refractivity (Wildman–Crippen MR) is 63.5 cm³/mol. The van der Waals surface area contributed by atoms with Gasteiger partial charge in [0.25, 0.3) is 0 Å². The maximum Gasteiger partial charge on any atom is 0.248 e. The Balaban J connectivity index is 3.08. The topological polar surface area (TPSA) is 70.0 Å². The molecule has 86 valence electrons. The number of anilines is 1. The number of sulfonamides is 1. The quantitative estimate of drug-likeness (QED) is 0.875. The summed E-state index contributed by atoms with van der Waals surface area (Å²) in [4.78, 5) is 0. The van der Waals surface area contributed by atoms with E-state index in [2.05, 4.69) is 4.72 Å². The van der Waals surface area contributed by atoms with Crippen LogP contribution in [0, 0.1) is 25.2 Å². The van der Waals surface area contributed by atoms with Gasteiger partial charge in [-0.3, -0.25) is 4.72 Å². The maximum absolute atomic E-state index is 11.7. The molecule has 0 saturated carbocycles. The van der Waals surface area contributed by atoms with Gasteiger partial charge in [0, 0.05) is 0 Å². The third kappa shape index (κ3) is 2.52. The predicted octanol–water partition coefficient (Wildman–Crippen LogP) is 1.96. The second-order valence-corrected chi connectivity index (χ2v) is 5.67. The number of nitriles is 1. The van der Waals surface area contributed by atoms with Crippen molar-refractivity contribution in [2.45, 2.75) is 26.0 Å². The fraction of sp³-hybridized carbons (Fsp3) is 0.364. The molecule has 0 aliphatic rings. The minimum absolute atomic E-state index is 0.530. The first kappa shape index (κ1) is 12.5. The van der Waals surface area contributed by atoms with Crippen molar-refractivity contribution in [2.75, 3.05) is 4.72 Å². The molecule has 0 aliphatic carbocycles. The van der Waals surface area contributed by atoms with Crippen molar-refractivity contribution >= 4 is 15.7 Å². The van der Waals surface area contributed by atoms with Crippen LogP contribution in [-0.2, 0) is 10.0 Å². The van der Waals surface area contributed by atoms with Crippen LogP contribution < -0.4 is 4.72 Å². The Morgan fingerprint density at radius 2 is 2.00 bits per heavy atom. The Kier molecular flexibility index (Phi) is 3.55. The minimum atomic E-state index is -3.61. The summed E-state index contributed by atoms with van der Waals surface area (Å²) in [5.74, 6) is 0. The van der Waals surface area contributed by atoms with Crippen LogP contribution in [0.1, 0.15) is 18.1 Å². The van der Waals surface area contributed by atoms with Gasteiger partial charge >= 0.3 is 0 Å². The fourth-order valence-electron chi connectivity index (χ4n) is 1.17. The van der Waals surface area contributed by atoms with Crippen LogP contribution in [-0.4, -0.2) is 13.7 Å². The molecule has 1 aromatic carbocycles. The lowest BCUT2D eigenvalue weighted by atomic mass is 10.1. The molecule has 1 unspecified atom stereocenters. The van der Waals surface area contributed by atoms with Crippen molar-refractivity contribution in [2.24, 2.45) is 0 Å². The van der Waals surface area contributed by atoms with Gasteiger partial charge in [-0.25, -0.2) is 8.42 Å². The average molecular weight is 238 g/mol. The molecule has 0 heterocycles. The summed E-state index contributed by atoms with van der Waals surface area (Å²) in [6.45, 7) is 5.10. The molecule has 1 rings (SSSR count). The summed E-state index contributed by atoms with van der Waals surface area (Å²) in [5, 5.41) is 7.54. The molecule has 0 bridgehead atoms. The second kappa shape index (κ2) is 4.54. The van der Waals surface area contributed by atoms with E-state index in [0.29, 0.717) is 5.69 Å². The highest BCUT2D eigenvalue weighted by Crippen LogP contribution is 2.20. The van der Waals surface area contributed by atoms with E-state index >= 15 is 0 Å². The number of rotatable bonds is 3. The van der Waals surface area contributed by atoms with E-state index < -0.39 is 15.3 Å². The normalized spacial score (nSPS) is 12.9. The number of hydrogen-bond acceptors (Lipinski definition) is 3. The first-order valence-corrected chi connectivity index (χ1v) is 6.40. The van der Waals surface area contributed by atoms with Gasteiger partial charge in [0.2, 0.25) is 10.0 Å². The van der Waals surface area contributed by atoms with Crippen molar-refractivity contribution in [1.29, 1.82) is 5.26 Å². The highest BCUT2D eigenvalue weighted by Gasteiger charge is 2.20. The van der Waals surface area contributed by atoms with Crippen molar-refractivity contribution in [3.8, 4) is 6.07 Å². The summed E-state index contributed by atoms with van der Waals surface area (Å²) in [6.07, 6.45) is 0. The lowest BCUT2D eigenvalue weighted by Crippen LogP contribution is -2.24. The van der Waals surface area contributed by atoms with Crippen molar-refractivity contribution < 1.29 is 8.42 Å². The highest BCUT2D eigenvalue weighted by atomic mass is 32.2. The molecule has 1 aromatic rings. The van der Waals surface area contributed by atoms with Gasteiger partial charge in [-0.1, -0.05) is 12.1 Å². The molecular weight excluding hydrogens is 224 g/mol. The molecule has 5 heteroatoms. The Bertz CT molecular complexity index is 529. The van der Waals surface area contributed by atoms with Gasteiger partial charge in [-0.2, -0.15) is 5.26 Å². The summed E-state index contributed by atoms with van der Waals surface area (Å²) < 4.78 is 25.7. The van der Waals surface area contributed by atoms with E-state index in [1.165, 1.54) is 6.92 Å². The number of aryl methyl sites for hydroxylation is 1. The van der Waals surface area contributed by atoms with Gasteiger partial charge in [0.1, 0.15) is 0 Å². The molecule has 0 aliphatic heterocycles. The van der Waals surface area contributed by atoms with E-state index in [-0.39, 0.29) is 0 Å². The summed E-state index contributed by atoms with van der Waals surface area (Å²) in [7, 11) is -3.61. The van der Waals surface area contributed by atoms with Gasteiger partial charge in [0.15, 0.2) is 5.25 Å². The molecule has 0 saturated heterocycles. The Labute approximate surface area is 96.0 Å². The number of nitrogens with one attached hydrogen (secondary N) is 1. The van der Waals surface area contributed by atoms with Gasteiger partial charge in [-0.05, 0) is 38.0 Å². The van der Waals surface area contributed by atoms with Crippen LogP contribution in [0.25, 0.3) is 0 Å². The SMILES string of the molecule is Cc1cccc(NS(=O)(=O)C(C)C#N)c1C. The molecule has 1 atom stereocenters. The lowest BCUT2D eigenvalue weighted by molar-refractivity contribution is 0.597. The van der Waals surface area contributed by atoms with Crippen LogP contribution in [0.4, 0.5) is 5.69 Å². The number of benzene rings is 1. The van der Waals surface area contributed by atoms with E-state index in [9.17, 15) is 8.42 Å². The van der Waals surface area contributed by atoms with Crippen molar-refractivity contribution in [1.82, 2.24) is 0 Å². The van der Waals surface area contributed by atoms with Gasteiger partial charge in [-0.15, -0.1) is 0 Å². The van der Waals surface area contributed by atoms with Crippen LogP contribution in [0.5, 0.6) is 0 Å². The fourth-order valence-corrected chi connectivity index (χ4v) is 2.02. The third-order valence-electron chi connectivity index (χ3n) is 2.50. The third-order valence-corrected chi connectivity index (χ3v) is 4.04. The lowest BCUT2D eigenvalue weighted by Gasteiger charge is -2.12. The zero-order valence-corrected chi connectivity index (χ0v) is 10.3. The van der Waals surface area contributed by atoms with Gasteiger partial charge < -0.3 is 0 Å². The first-order chi connectivity index (χ1) is 7.38. The molecule has 4 nitrogen and oxygen atoms in total. The highest BCUT2D eigenvalue weighted by molar-refractivity contribution is 7.93. The molecule has 0 spiro atoms.